The Hall–Kier alpha value is -2.19. The Kier molecular flexibility index (Phi) is 7.92. The first-order valence-electron chi connectivity index (χ1n) is 11.9. The van der Waals surface area contributed by atoms with Gasteiger partial charge in [0.25, 0.3) is 0 Å². The highest BCUT2D eigenvalue weighted by atomic mass is 32.2. The van der Waals surface area contributed by atoms with E-state index in [-0.39, 0.29) is 41.8 Å². The lowest BCUT2D eigenvalue weighted by Gasteiger charge is -2.40. The highest BCUT2D eigenvalue weighted by Crippen LogP contribution is 2.43. The number of rotatable bonds is 10. The number of sulfonamides is 1. The minimum Gasteiger partial charge on any atom is -0.497 e. The number of piperidine rings is 1. The SMILES string of the molecule is COc1ccc(S(=O)(=O)NCCS(=O)(=O)[C@@]23CC[C@@H](C[C@H]([C@H](N)Cc4cc(F)c(F)cc4F)C2)N3)cc1. The fraction of sp³-hybridized carbons (Fsp3) is 0.500. The molecule has 2 aliphatic heterocycles. The number of ether oxygens (including phenoxy) is 1. The molecule has 0 amide bonds. The van der Waals surface area contributed by atoms with Crippen LogP contribution in [0.25, 0.3) is 0 Å². The van der Waals surface area contributed by atoms with Crippen molar-refractivity contribution in [1.82, 2.24) is 10.0 Å². The standard InChI is InChI=1S/C24H30F3N3O5S2/c1-35-18-2-4-19(5-3-18)37(33,34)29-8-9-36(31,32)24-7-6-17(30-24)10-16(14-24)23(28)12-15-11-21(26)22(27)13-20(15)25/h2-5,11,13,16-17,23,29-30H,6-10,12,14,28H2,1H3/t16-,17-,23+,24-/m0/s1. The van der Waals surface area contributed by atoms with Crippen LogP contribution in [0.2, 0.25) is 0 Å². The summed E-state index contributed by atoms with van der Waals surface area (Å²) in [5, 5.41) is 3.19. The van der Waals surface area contributed by atoms with Crippen molar-refractivity contribution < 1.29 is 34.7 Å². The molecule has 2 fully saturated rings. The van der Waals surface area contributed by atoms with Crippen LogP contribution in [0.1, 0.15) is 31.2 Å². The molecule has 4 atom stereocenters. The highest BCUT2D eigenvalue weighted by molar-refractivity contribution is 7.93. The van der Waals surface area contributed by atoms with Crippen molar-refractivity contribution >= 4 is 19.9 Å². The quantitative estimate of drug-likeness (QED) is 0.380. The molecular weight excluding hydrogens is 531 g/mol. The summed E-state index contributed by atoms with van der Waals surface area (Å²) in [5.41, 5.74) is 6.26. The van der Waals surface area contributed by atoms with E-state index in [9.17, 15) is 30.0 Å². The molecule has 2 aliphatic rings. The van der Waals surface area contributed by atoms with E-state index in [0.29, 0.717) is 31.1 Å². The van der Waals surface area contributed by atoms with E-state index in [1.807, 2.05) is 0 Å². The molecule has 2 saturated heterocycles. The Morgan fingerprint density at radius 2 is 1.78 bits per heavy atom. The van der Waals surface area contributed by atoms with Crippen molar-refractivity contribution in [2.24, 2.45) is 11.7 Å². The summed E-state index contributed by atoms with van der Waals surface area (Å²) in [6, 6.07) is 6.16. The van der Waals surface area contributed by atoms with Gasteiger partial charge in [-0.3, -0.25) is 5.32 Å². The third kappa shape index (κ3) is 5.80. The minimum atomic E-state index is -3.93. The zero-order chi connectivity index (χ0) is 27.0. The van der Waals surface area contributed by atoms with Gasteiger partial charge >= 0.3 is 0 Å². The lowest BCUT2D eigenvalue weighted by molar-refractivity contribution is 0.234. The van der Waals surface area contributed by atoms with Gasteiger partial charge in [0.2, 0.25) is 10.0 Å². The molecule has 2 heterocycles. The average Bonchev–Trinajstić information content (AvgIpc) is 3.17. The maximum atomic E-state index is 14.2. The van der Waals surface area contributed by atoms with E-state index in [4.69, 9.17) is 10.5 Å². The van der Waals surface area contributed by atoms with Gasteiger partial charge in [0, 0.05) is 24.7 Å². The molecule has 0 spiro atoms. The van der Waals surface area contributed by atoms with Crippen molar-refractivity contribution in [3.8, 4) is 5.75 Å². The summed E-state index contributed by atoms with van der Waals surface area (Å²) < 4.78 is 100. The smallest absolute Gasteiger partial charge is 0.240 e. The monoisotopic (exact) mass is 561 g/mol. The van der Waals surface area contributed by atoms with Gasteiger partial charge in [-0.25, -0.2) is 34.7 Å². The average molecular weight is 562 g/mol. The van der Waals surface area contributed by atoms with Crippen LogP contribution in [0.3, 0.4) is 0 Å². The van der Waals surface area contributed by atoms with Crippen molar-refractivity contribution in [3.05, 3.63) is 59.4 Å². The zero-order valence-corrected chi connectivity index (χ0v) is 21.8. The molecular formula is C24H30F3N3O5S2. The van der Waals surface area contributed by atoms with Crippen molar-refractivity contribution in [3.63, 3.8) is 0 Å². The molecule has 4 N–H and O–H groups in total. The lowest BCUT2D eigenvalue weighted by atomic mass is 9.83. The van der Waals surface area contributed by atoms with Crippen LogP contribution in [-0.4, -0.2) is 53.2 Å². The Bertz CT molecular complexity index is 1360. The number of sulfone groups is 1. The first kappa shape index (κ1) is 27.8. The molecule has 0 aromatic heterocycles. The van der Waals surface area contributed by atoms with Crippen LogP contribution in [0.4, 0.5) is 13.2 Å². The van der Waals surface area contributed by atoms with Crippen molar-refractivity contribution in [2.75, 3.05) is 19.4 Å². The number of nitrogens with two attached hydrogens (primary N) is 1. The van der Waals surface area contributed by atoms with Gasteiger partial charge in [0.05, 0.1) is 17.8 Å². The fourth-order valence-corrected chi connectivity index (χ4v) is 8.48. The van der Waals surface area contributed by atoms with Crippen LogP contribution >= 0.6 is 0 Å². The van der Waals surface area contributed by atoms with Gasteiger partial charge < -0.3 is 10.5 Å². The second-order valence-electron chi connectivity index (χ2n) is 9.69. The molecule has 4 rings (SSSR count). The van der Waals surface area contributed by atoms with Crippen LogP contribution < -0.4 is 20.5 Å². The molecule has 2 bridgehead atoms. The first-order chi connectivity index (χ1) is 17.4. The Morgan fingerprint density at radius 1 is 1.11 bits per heavy atom. The zero-order valence-electron chi connectivity index (χ0n) is 20.2. The topological polar surface area (TPSA) is 128 Å². The van der Waals surface area contributed by atoms with Crippen molar-refractivity contribution in [2.45, 2.75) is 54.0 Å². The van der Waals surface area contributed by atoms with E-state index < -0.39 is 54.0 Å². The maximum absolute atomic E-state index is 14.2. The second kappa shape index (κ2) is 10.5. The summed E-state index contributed by atoms with van der Waals surface area (Å²) in [4.78, 5) is -1.30. The van der Waals surface area contributed by atoms with Gasteiger partial charge in [-0.15, -0.1) is 0 Å². The fourth-order valence-electron chi connectivity index (χ4n) is 5.32. The van der Waals surface area contributed by atoms with Crippen LogP contribution in [0.5, 0.6) is 5.75 Å². The molecule has 0 radical (unpaired) electrons. The Labute approximate surface area is 214 Å². The third-order valence-electron chi connectivity index (χ3n) is 7.32. The van der Waals surface area contributed by atoms with Gasteiger partial charge in [-0.2, -0.15) is 0 Å². The number of benzene rings is 2. The van der Waals surface area contributed by atoms with E-state index in [1.54, 1.807) is 0 Å². The lowest BCUT2D eigenvalue weighted by Crippen LogP contribution is -2.58. The van der Waals surface area contributed by atoms with Gasteiger partial charge in [-0.1, -0.05) is 0 Å². The van der Waals surface area contributed by atoms with E-state index >= 15 is 0 Å². The van der Waals surface area contributed by atoms with Gasteiger partial charge in [0.1, 0.15) is 16.4 Å². The summed E-state index contributed by atoms with van der Waals surface area (Å²) in [6.07, 6.45) is 1.59. The number of hydrogen-bond donors (Lipinski definition) is 3. The molecule has 2 aromatic carbocycles. The summed E-state index contributed by atoms with van der Waals surface area (Å²) >= 11 is 0. The molecule has 204 valence electrons. The third-order valence-corrected chi connectivity index (χ3v) is 11.2. The molecule has 37 heavy (non-hydrogen) atoms. The Balaban J connectivity index is 1.42. The molecule has 2 aromatic rings. The summed E-state index contributed by atoms with van der Waals surface area (Å²) in [7, 11) is -6.30. The summed E-state index contributed by atoms with van der Waals surface area (Å²) in [6.45, 7) is -0.318. The number of nitrogens with one attached hydrogen (secondary N) is 2. The molecule has 0 aliphatic carbocycles. The number of methoxy groups -OCH3 is 1. The Morgan fingerprint density at radius 3 is 2.46 bits per heavy atom. The normalized spacial score (nSPS) is 24.7. The van der Waals surface area contributed by atoms with Crippen LogP contribution in [0, 0.1) is 23.4 Å². The van der Waals surface area contributed by atoms with Gasteiger partial charge in [0.15, 0.2) is 21.5 Å². The first-order valence-corrected chi connectivity index (χ1v) is 15.0. The van der Waals surface area contributed by atoms with E-state index in [2.05, 4.69) is 10.0 Å². The van der Waals surface area contributed by atoms with Crippen LogP contribution in [0.15, 0.2) is 41.3 Å². The molecule has 0 unspecified atom stereocenters. The number of hydrogen-bond acceptors (Lipinski definition) is 7. The van der Waals surface area contributed by atoms with Crippen molar-refractivity contribution in [1.29, 1.82) is 0 Å². The predicted octanol–water partition coefficient (Wildman–Crippen LogP) is 2.23. The molecule has 8 nitrogen and oxygen atoms in total. The predicted molar refractivity (Wildman–Crippen MR) is 132 cm³/mol. The van der Waals surface area contributed by atoms with E-state index in [1.165, 1.54) is 31.4 Å². The number of halogens is 3. The number of fused-ring (bicyclic) bond motifs is 2. The highest BCUT2D eigenvalue weighted by Gasteiger charge is 2.54. The molecule has 13 heteroatoms. The second-order valence-corrected chi connectivity index (χ2v) is 13.9. The maximum Gasteiger partial charge on any atom is 0.240 e. The molecule has 0 saturated carbocycles. The van der Waals surface area contributed by atoms with Gasteiger partial charge in [-0.05, 0) is 73.9 Å². The minimum absolute atomic E-state index is 0.0175. The largest absolute Gasteiger partial charge is 0.497 e. The van der Waals surface area contributed by atoms with Crippen LogP contribution in [-0.2, 0) is 26.3 Å². The van der Waals surface area contributed by atoms with E-state index in [0.717, 1.165) is 6.07 Å². The summed E-state index contributed by atoms with van der Waals surface area (Å²) in [5.74, 6) is -3.63.